The van der Waals surface area contributed by atoms with Crippen LogP contribution in [0.4, 0.5) is 0 Å². The summed E-state index contributed by atoms with van der Waals surface area (Å²) in [4.78, 5) is 12.3. The highest BCUT2D eigenvalue weighted by atomic mass is 16.1. The quantitative estimate of drug-likeness (QED) is 0.672. The van der Waals surface area contributed by atoms with Crippen molar-refractivity contribution in [3.05, 3.63) is 77.1 Å². The third-order valence-electron chi connectivity index (χ3n) is 4.87. The predicted octanol–water partition coefficient (Wildman–Crippen LogP) is 3.41. The van der Waals surface area contributed by atoms with Crippen LogP contribution in [0.1, 0.15) is 52.6 Å². The van der Waals surface area contributed by atoms with Crippen LogP contribution in [-0.2, 0) is 12.8 Å². The molecule has 0 spiro atoms. The van der Waals surface area contributed by atoms with Gasteiger partial charge in [-0.05, 0) is 40.8 Å². The zero-order chi connectivity index (χ0) is 17.1. The van der Waals surface area contributed by atoms with Crippen LogP contribution in [0.3, 0.4) is 0 Å². The summed E-state index contributed by atoms with van der Waals surface area (Å²) in [5.41, 5.74) is 3.42. The molecule has 0 N–H and O–H groups in total. The monoisotopic (exact) mass is 332 g/mol. The number of aryl methyl sites for hydroxylation is 2. The van der Waals surface area contributed by atoms with E-state index in [9.17, 15) is 4.79 Å². The van der Waals surface area contributed by atoms with Gasteiger partial charge >= 0.3 is 0 Å². The number of aromatic nitrogens is 4. The lowest BCUT2D eigenvalue weighted by Crippen LogP contribution is -2.21. The first kappa shape index (κ1) is 15.7. The maximum atomic E-state index is 12.3. The maximum Gasteiger partial charge on any atom is 0.163 e. The van der Waals surface area contributed by atoms with Crippen molar-refractivity contribution in [3.8, 4) is 0 Å². The van der Waals surface area contributed by atoms with Crippen LogP contribution < -0.4 is 0 Å². The Labute approximate surface area is 146 Å². The smallest absolute Gasteiger partial charge is 0.163 e. The molecule has 1 atom stereocenters. The van der Waals surface area contributed by atoms with E-state index in [1.54, 1.807) is 0 Å². The first-order valence-corrected chi connectivity index (χ1v) is 8.76. The molecule has 0 saturated carbocycles. The molecule has 3 aromatic rings. The van der Waals surface area contributed by atoms with Gasteiger partial charge in [-0.3, -0.25) is 4.79 Å². The summed E-state index contributed by atoms with van der Waals surface area (Å²) >= 11 is 0. The van der Waals surface area contributed by atoms with Gasteiger partial charge in [0.25, 0.3) is 0 Å². The lowest BCUT2D eigenvalue weighted by Gasteiger charge is -2.25. The summed E-state index contributed by atoms with van der Waals surface area (Å²) in [6, 6.07) is 18.1. The molecule has 25 heavy (non-hydrogen) atoms. The highest BCUT2D eigenvalue weighted by Crippen LogP contribution is 2.32. The molecule has 0 amide bonds. The molecule has 1 heterocycles. The molecule has 0 fully saturated rings. The van der Waals surface area contributed by atoms with Crippen molar-refractivity contribution in [2.75, 3.05) is 0 Å². The standard InChI is InChI=1S/C20H20N4O/c25-19(16-8-2-1-3-9-16)13-14-20-21-22-23-24(20)18-12-6-10-15-7-4-5-11-17(15)18/h1-5,7-9,11,18H,6,10,12-14H2. The highest BCUT2D eigenvalue weighted by molar-refractivity contribution is 5.96. The van der Waals surface area contributed by atoms with Crippen LogP contribution >= 0.6 is 0 Å². The Morgan fingerprint density at radius 2 is 1.88 bits per heavy atom. The van der Waals surface area contributed by atoms with Crippen LogP contribution in [0.25, 0.3) is 0 Å². The van der Waals surface area contributed by atoms with Gasteiger partial charge in [-0.25, -0.2) is 4.68 Å². The lowest BCUT2D eigenvalue weighted by molar-refractivity contribution is 0.0981. The van der Waals surface area contributed by atoms with Gasteiger partial charge in [-0.15, -0.1) is 5.10 Å². The van der Waals surface area contributed by atoms with Gasteiger partial charge in [0.05, 0.1) is 6.04 Å². The number of rotatable bonds is 5. The van der Waals surface area contributed by atoms with E-state index in [-0.39, 0.29) is 11.8 Å². The van der Waals surface area contributed by atoms with E-state index in [0.717, 1.165) is 30.7 Å². The van der Waals surface area contributed by atoms with Crippen molar-refractivity contribution in [2.24, 2.45) is 0 Å². The van der Waals surface area contributed by atoms with Gasteiger partial charge in [0.15, 0.2) is 11.6 Å². The number of benzene rings is 2. The zero-order valence-corrected chi connectivity index (χ0v) is 14.0. The van der Waals surface area contributed by atoms with Crippen LogP contribution in [0.15, 0.2) is 54.6 Å². The van der Waals surface area contributed by atoms with Gasteiger partial charge in [0, 0.05) is 18.4 Å². The van der Waals surface area contributed by atoms with Crippen molar-refractivity contribution in [3.63, 3.8) is 0 Å². The SMILES string of the molecule is O=C(CCc1nnnn1C1CCCc2ccccc21)c1ccccc1. The molecular formula is C20H20N4O. The Morgan fingerprint density at radius 3 is 2.76 bits per heavy atom. The van der Waals surface area contributed by atoms with Crippen molar-refractivity contribution in [2.45, 2.75) is 38.1 Å². The molecule has 1 aromatic heterocycles. The number of hydrogen-bond donors (Lipinski definition) is 0. The number of ketones is 1. The highest BCUT2D eigenvalue weighted by Gasteiger charge is 2.25. The molecule has 2 aromatic carbocycles. The van der Waals surface area contributed by atoms with Gasteiger partial charge in [-0.1, -0.05) is 54.6 Å². The van der Waals surface area contributed by atoms with E-state index in [0.29, 0.717) is 12.8 Å². The number of tetrazole rings is 1. The topological polar surface area (TPSA) is 60.7 Å². The molecule has 0 bridgehead atoms. The minimum absolute atomic E-state index is 0.124. The molecule has 5 nitrogen and oxygen atoms in total. The summed E-state index contributed by atoms with van der Waals surface area (Å²) in [7, 11) is 0. The molecular weight excluding hydrogens is 312 g/mol. The number of nitrogens with zero attached hydrogens (tertiary/aromatic N) is 4. The number of Topliss-reactive ketones (excluding diaryl/α,β-unsaturated/α-hetero) is 1. The summed E-state index contributed by atoms with van der Waals surface area (Å²) < 4.78 is 1.91. The second-order valence-electron chi connectivity index (χ2n) is 6.44. The van der Waals surface area contributed by atoms with Crippen molar-refractivity contribution in [1.29, 1.82) is 0 Å². The molecule has 1 aliphatic rings. The van der Waals surface area contributed by atoms with Crippen molar-refractivity contribution >= 4 is 5.78 Å². The van der Waals surface area contributed by atoms with Gasteiger partial charge in [0.2, 0.25) is 0 Å². The molecule has 0 aliphatic heterocycles. The molecule has 0 saturated heterocycles. The Balaban J connectivity index is 1.53. The van der Waals surface area contributed by atoms with E-state index in [2.05, 4.69) is 39.8 Å². The van der Waals surface area contributed by atoms with E-state index in [1.807, 2.05) is 35.0 Å². The first-order valence-electron chi connectivity index (χ1n) is 8.76. The molecule has 4 rings (SSSR count). The van der Waals surface area contributed by atoms with Crippen LogP contribution in [0, 0.1) is 0 Å². The molecule has 126 valence electrons. The lowest BCUT2D eigenvalue weighted by atomic mass is 9.88. The number of carbonyl (C=O) groups is 1. The van der Waals surface area contributed by atoms with E-state index < -0.39 is 0 Å². The second-order valence-corrected chi connectivity index (χ2v) is 6.44. The van der Waals surface area contributed by atoms with E-state index in [4.69, 9.17) is 0 Å². The molecule has 0 radical (unpaired) electrons. The third-order valence-corrected chi connectivity index (χ3v) is 4.87. The van der Waals surface area contributed by atoms with Gasteiger partial charge in [-0.2, -0.15) is 0 Å². The van der Waals surface area contributed by atoms with Crippen LogP contribution in [-0.4, -0.2) is 26.0 Å². The third kappa shape index (κ3) is 3.22. The average molecular weight is 332 g/mol. The molecule has 5 heteroatoms. The Bertz CT molecular complexity index is 872. The zero-order valence-electron chi connectivity index (χ0n) is 14.0. The summed E-state index contributed by atoms with van der Waals surface area (Å²) in [5.74, 6) is 0.908. The second kappa shape index (κ2) is 6.97. The van der Waals surface area contributed by atoms with Crippen LogP contribution in [0.5, 0.6) is 0 Å². The van der Waals surface area contributed by atoms with E-state index in [1.165, 1.54) is 11.1 Å². The summed E-state index contributed by atoms with van der Waals surface area (Å²) in [5, 5.41) is 12.3. The fourth-order valence-electron chi connectivity index (χ4n) is 3.59. The Morgan fingerprint density at radius 1 is 1.08 bits per heavy atom. The number of hydrogen-bond acceptors (Lipinski definition) is 4. The molecule has 1 aliphatic carbocycles. The van der Waals surface area contributed by atoms with Gasteiger partial charge < -0.3 is 0 Å². The van der Waals surface area contributed by atoms with Crippen LogP contribution in [0.2, 0.25) is 0 Å². The Kier molecular flexibility index (Phi) is 4.37. The van der Waals surface area contributed by atoms with Crippen molar-refractivity contribution in [1.82, 2.24) is 20.2 Å². The normalized spacial score (nSPS) is 16.4. The average Bonchev–Trinajstić information content (AvgIpc) is 3.14. The molecule has 1 unspecified atom stereocenters. The summed E-state index contributed by atoms with van der Waals surface area (Å²) in [6.45, 7) is 0. The maximum absolute atomic E-state index is 12.3. The fourth-order valence-corrected chi connectivity index (χ4v) is 3.59. The number of carbonyl (C=O) groups excluding carboxylic acids is 1. The summed E-state index contributed by atoms with van der Waals surface area (Å²) in [6.07, 6.45) is 4.24. The fraction of sp³-hybridized carbons (Fsp3) is 0.300. The van der Waals surface area contributed by atoms with E-state index >= 15 is 0 Å². The Hall–Kier alpha value is -2.82. The van der Waals surface area contributed by atoms with Gasteiger partial charge in [0.1, 0.15) is 0 Å². The number of fused-ring (bicyclic) bond motifs is 1. The minimum Gasteiger partial charge on any atom is -0.294 e. The minimum atomic E-state index is 0.124. The largest absolute Gasteiger partial charge is 0.294 e. The predicted molar refractivity (Wildman–Crippen MR) is 94.4 cm³/mol. The first-order chi connectivity index (χ1) is 12.3. The van der Waals surface area contributed by atoms with Crippen molar-refractivity contribution < 1.29 is 4.79 Å².